The van der Waals surface area contributed by atoms with Crippen molar-refractivity contribution in [2.24, 2.45) is 5.92 Å². The largest absolute Gasteiger partial charge is 0.396 e. The first kappa shape index (κ1) is 14.9. The van der Waals surface area contributed by atoms with Crippen LogP contribution in [0.15, 0.2) is 0 Å². The number of aliphatic hydroxyl groups is 1. The fourth-order valence-electron chi connectivity index (χ4n) is 2.56. The average Bonchev–Trinajstić information content (AvgIpc) is 2.30. The number of rotatable bonds is 8. The summed E-state index contributed by atoms with van der Waals surface area (Å²) in [5.74, 6) is 0.790. The minimum Gasteiger partial charge on any atom is -0.396 e. The summed E-state index contributed by atoms with van der Waals surface area (Å²) in [6, 6.07) is 0.729. The monoisotopic (exact) mass is 242 g/mol. The van der Waals surface area contributed by atoms with Gasteiger partial charge >= 0.3 is 0 Å². The number of hydrogen-bond donors (Lipinski definition) is 2. The molecule has 102 valence electrons. The first-order chi connectivity index (χ1) is 8.22. The van der Waals surface area contributed by atoms with E-state index >= 15 is 0 Å². The van der Waals surface area contributed by atoms with E-state index in [1.165, 1.54) is 38.9 Å². The molecule has 3 nitrogen and oxygen atoms in total. The zero-order valence-corrected chi connectivity index (χ0v) is 11.6. The number of piperidine rings is 1. The normalized spacial score (nSPS) is 19.1. The number of aliphatic hydroxyl groups excluding tert-OH is 1. The Balaban J connectivity index is 1.99. The van der Waals surface area contributed by atoms with Crippen LogP contribution >= 0.6 is 0 Å². The van der Waals surface area contributed by atoms with E-state index in [4.69, 9.17) is 5.11 Å². The summed E-state index contributed by atoms with van der Waals surface area (Å²) < 4.78 is 0. The molecule has 0 amide bonds. The van der Waals surface area contributed by atoms with Crippen molar-refractivity contribution in [1.82, 2.24) is 10.2 Å². The molecule has 0 bridgehead atoms. The van der Waals surface area contributed by atoms with Crippen LogP contribution in [0.3, 0.4) is 0 Å². The molecular formula is C14H30N2O. The first-order valence-electron chi connectivity index (χ1n) is 7.29. The summed E-state index contributed by atoms with van der Waals surface area (Å²) in [4.78, 5) is 2.59. The Morgan fingerprint density at radius 1 is 1.18 bits per heavy atom. The predicted molar refractivity (Wildman–Crippen MR) is 73.2 cm³/mol. The van der Waals surface area contributed by atoms with Gasteiger partial charge in [-0.15, -0.1) is 0 Å². The molecule has 1 saturated heterocycles. The van der Waals surface area contributed by atoms with Gasteiger partial charge < -0.3 is 15.3 Å². The standard InChI is InChI=1S/C14H30N2O/c1-13(2)12-16-9-6-14(7-10-16)15-8-4-3-5-11-17/h13-15,17H,3-12H2,1-2H3. The molecule has 1 rings (SSSR count). The first-order valence-corrected chi connectivity index (χ1v) is 7.29. The van der Waals surface area contributed by atoms with Gasteiger partial charge in [-0.05, 0) is 57.7 Å². The Labute approximate surface area is 107 Å². The minimum atomic E-state index is 0.341. The minimum absolute atomic E-state index is 0.341. The molecule has 17 heavy (non-hydrogen) atoms. The number of nitrogens with zero attached hydrogens (tertiary/aromatic N) is 1. The summed E-state index contributed by atoms with van der Waals surface area (Å²) in [5.41, 5.74) is 0. The molecule has 1 heterocycles. The quantitative estimate of drug-likeness (QED) is 0.638. The average molecular weight is 242 g/mol. The van der Waals surface area contributed by atoms with E-state index in [9.17, 15) is 0 Å². The Morgan fingerprint density at radius 2 is 1.88 bits per heavy atom. The van der Waals surface area contributed by atoms with Crippen molar-refractivity contribution in [3.63, 3.8) is 0 Å². The van der Waals surface area contributed by atoms with E-state index in [-0.39, 0.29) is 0 Å². The van der Waals surface area contributed by atoms with Crippen molar-refractivity contribution in [3.05, 3.63) is 0 Å². The van der Waals surface area contributed by atoms with Crippen molar-refractivity contribution < 1.29 is 5.11 Å². The molecule has 0 unspecified atom stereocenters. The zero-order valence-electron chi connectivity index (χ0n) is 11.6. The highest BCUT2D eigenvalue weighted by molar-refractivity contribution is 4.77. The number of likely N-dealkylation sites (tertiary alicyclic amines) is 1. The van der Waals surface area contributed by atoms with Gasteiger partial charge in [0.2, 0.25) is 0 Å². The molecule has 3 heteroatoms. The molecule has 0 spiro atoms. The molecule has 0 radical (unpaired) electrons. The lowest BCUT2D eigenvalue weighted by molar-refractivity contribution is 0.180. The van der Waals surface area contributed by atoms with Crippen molar-refractivity contribution in [1.29, 1.82) is 0 Å². The molecule has 2 N–H and O–H groups in total. The molecule has 0 aromatic heterocycles. The van der Waals surface area contributed by atoms with Gasteiger partial charge in [-0.2, -0.15) is 0 Å². The summed E-state index contributed by atoms with van der Waals surface area (Å²) in [6.07, 6.45) is 5.90. The van der Waals surface area contributed by atoms with Crippen LogP contribution in [0.1, 0.15) is 46.0 Å². The molecule has 0 saturated carbocycles. The lowest BCUT2D eigenvalue weighted by Gasteiger charge is -2.33. The van der Waals surface area contributed by atoms with E-state index in [1.807, 2.05) is 0 Å². The second kappa shape index (κ2) is 8.90. The van der Waals surface area contributed by atoms with Gasteiger partial charge in [0.1, 0.15) is 0 Å². The smallest absolute Gasteiger partial charge is 0.0431 e. The SMILES string of the molecule is CC(C)CN1CCC(NCCCCCO)CC1. The molecule has 1 aliphatic rings. The van der Waals surface area contributed by atoms with Crippen LogP contribution in [0.25, 0.3) is 0 Å². The van der Waals surface area contributed by atoms with Crippen LogP contribution in [0.4, 0.5) is 0 Å². The fourth-order valence-corrected chi connectivity index (χ4v) is 2.56. The van der Waals surface area contributed by atoms with Crippen LogP contribution in [0, 0.1) is 5.92 Å². The summed E-state index contributed by atoms with van der Waals surface area (Å²) in [5, 5.41) is 12.3. The van der Waals surface area contributed by atoms with Gasteiger partial charge in [-0.25, -0.2) is 0 Å². The number of hydrogen-bond acceptors (Lipinski definition) is 3. The van der Waals surface area contributed by atoms with E-state index in [2.05, 4.69) is 24.1 Å². The Hall–Kier alpha value is -0.120. The van der Waals surface area contributed by atoms with E-state index in [0.717, 1.165) is 31.3 Å². The van der Waals surface area contributed by atoms with Gasteiger partial charge in [0, 0.05) is 19.2 Å². The van der Waals surface area contributed by atoms with Crippen molar-refractivity contribution >= 4 is 0 Å². The topological polar surface area (TPSA) is 35.5 Å². The highest BCUT2D eigenvalue weighted by Crippen LogP contribution is 2.12. The van der Waals surface area contributed by atoms with Crippen LogP contribution in [-0.4, -0.2) is 48.8 Å². The highest BCUT2D eigenvalue weighted by atomic mass is 16.2. The second-order valence-electron chi connectivity index (χ2n) is 5.71. The van der Waals surface area contributed by atoms with Crippen LogP contribution < -0.4 is 5.32 Å². The van der Waals surface area contributed by atoms with E-state index in [1.54, 1.807) is 0 Å². The fraction of sp³-hybridized carbons (Fsp3) is 1.00. The molecule has 0 aromatic rings. The Kier molecular flexibility index (Phi) is 7.82. The lowest BCUT2D eigenvalue weighted by atomic mass is 10.0. The second-order valence-corrected chi connectivity index (χ2v) is 5.71. The molecule has 1 fully saturated rings. The predicted octanol–water partition coefficient (Wildman–Crippen LogP) is 1.86. The van der Waals surface area contributed by atoms with E-state index in [0.29, 0.717) is 6.61 Å². The van der Waals surface area contributed by atoms with Crippen molar-refractivity contribution in [3.8, 4) is 0 Å². The summed E-state index contributed by atoms with van der Waals surface area (Å²) in [6.45, 7) is 9.82. The summed E-state index contributed by atoms with van der Waals surface area (Å²) in [7, 11) is 0. The van der Waals surface area contributed by atoms with Gasteiger partial charge in [-0.3, -0.25) is 0 Å². The maximum Gasteiger partial charge on any atom is 0.0431 e. The van der Waals surface area contributed by atoms with Crippen LogP contribution in [-0.2, 0) is 0 Å². The molecule has 1 aliphatic heterocycles. The van der Waals surface area contributed by atoms with Gasteiger partial charge in [0.25, 0.3) is 0 Å². The molecular weight excluding hydrogens is 212 g/mol. The van der Waals surface area contributed by atoms with Crippen LogP contribution in [0.5, 0.6) is 0 Å². The third kappa shape index (κ3) is 7.02. The maximum atomic E-state index is 8.69. The van der Waals surface area contributed by atoms with Gasteiger partial charge in [-0.1, -0.05) is 13.8 Å². The third-order valence-electron chi connectivity index (χ3n) is 3.48. The van der Waals surface area contributed by atoms with Gasteiger partial charge in [0.05, 0.1) is 0 Å². The number of nitrogens with one attached hydrogen (secondary N) is 1. The zero-order chi connectivity index (χ0) is 12.5. The molecule has 0 aromatic carbocycles. The molecule has 0 atom stereocenters. The van der Waals surface area contributed by atoms with Gasteiger partial charge in [0.15, 0.2) is 0 Å². The van der Waals surface area contributed by atoms with Crippen molar-refractivity contribution in [2.45, 2.75) is 52.0 Å². The highest BCUT2D eigenvalue weighted by Gasteiger charge is 2.18. The third-order valence-corrected chi connectivity index (χ3v) is 3.48. The Morgan fingerprint density at radius 3 is 2.47 bits per heavy atom. The number of unbranched alkanes of at least 4 members (excludes halogenated alkanes) is 2. The molecule has 0 aliphatic carbocycles. The lowest BCUT2D eigenvalue weighted by Crippen LogP contribution is -2.43. The van der Waals surface area contributed by atoms with Crippen LogP contribution in [0.2, 0.25) is 0 Å². The van der Waals surface area contributed by atoms with Crippen molar-refractivity contribution in [2.75, 3.05) is 32.8 Å². The maximum absolute atomic E-state index is 8.69. The van der Waals surface area contributed by atoms with E-state index < -0.39 is 0 Å². The summed E-state index contributed by atoms with van der Waals surface area (Å²) >= 11 is 0. The Bertz CT molecular complexity index is 177.